The number of aliphatic imine (C=N–C) groups is 1. The van der Waals surface area contributed by atoms with Gasteiger partial charge in [0.15, 0.2) is 5.96 Å². The summed E-state index contributed by atoms with van der Waals surface area (Å²) in [5.74, 6) is 1.67. The summed E-state index contributed by atoms with van der Waals surface area (Å²) in [4.78, 5) is 6.91. The van der Waals surface area contributed by atoms with E-state index in [9.17, 15) is 0 Å². The zero-order valence-electron chi connectivity index (χ0n) is 16.3. The maximum atomic E-state index is 5.59. The van der Waals surface area contributed by atoms with Crippen LogP contribution in [0.3, 0.4) is 0 Å². The molecular weight excluding hydrogens is 288 g/mol. The van der Waals surface area contributed by atoms with Gasteiger partial charge in [0.05, 0.1) is 6.10 Å². The lowest BCUT2D eigenvalue weighted by Crippen LogP contribution is -2.50. The highest BCUT2D eigenvalue weighted by atomic mass is 16.5. The summed E-state index contributed by atoms with van der Waals surface area (Å²) < 4.78 is 5.59. The number of piperidine rings is 1. The lowest BCUT2D eigenvalue weighted by molar-refractivity contribution is 0.0205. The smallest absolute Gasteiger partial charge is 0.191 e. The molecule has 0 aromatic heterocycles. The number of rotatable bonds is 6. The van der Waals surface area contributed by atoms with Crippen molar-refractivity contribution in [1.82, 2.24) is 15.5 Å². The second kappa shape index (κ2) is 9.48. The van der Waals surface area contributed by atoms with Crippen LogP contribution in [0.5, 0.6) is 0 Å². The van der Waals surface area contributed by atoms with Gasteiger partial charge in [-0.25, -0.2) is 0 Å². The molecule has 1 aliphatic rings. The molecule has 1 aliphatic heterocycles. The van der Waals surface area contributed by atoms with Crippen molar-refractivity contribution in [2.45, 2.75) is 59.6 Å². The minimum atomic E-state index is 0.109. The molecule has 1 saturated heterocycles. The Kier molecular flexibility index (Phi) is 8.34. The lowest BCUT2D eigenvalue weighted by atomic mass is 9.89. The molecule has 5 heteroatoms. The molecule has 0 aromatic rings. The first-order valence-corrected chi connectivity index (χ1v) is 8.99. The van der Waals surface area contributed by atoms with Crippen molar-refractivity contribution >= 4 is 5.96 Å². The van der Waals surface area contributed by atoms with Gasteiger partial charge in [0.2, 0.25) is 0 Å². The summed E-state index contributed by atoms with van der Waals surface area (Å²) in [6.45, 7) is 15.3. The fourth-order valence-electron chi connectivity index (χ4n) is 3.15. The number of ether oxygens (including phenoxy) is 1. The van der Waals surface area contributed by atoms with Gasteiger partial charge in [-0.3, -0.25) is 9.89 Å². The van der Waals surface area contributed by atoms with Crippen LogP contribution in [0, 0.1) is 11.3 Å². The molecule has 1 fully saturated rings. The number of methoxy groups -OCH3 is 1. The lowest BCUT2D eigenvalue weighted by Gasteiger charge is -2.36. The van der Waals surface area contributed by atoms with Crippen molar-refractivity contribution in [3.8, 4) is 0 Å². The molecule has 5 nitrogen and oxygen atoms in total. The molecule has 23 heavy (non-hydrogen) atoms. The average molecular weight is 327 g/mol. The number of nitrogens with one attached hydrogen (secondary N) is 2. The highest BCUT2D eigenvalue weighted by Crippen LogP contribution is 2.21. The van der Waals surface area contributed by atoms with E-state index >= 15 is 0 Å². The van der Waals surface area contributed by atoms with Crippen LogP contribution in [-0.2, 0) is 4.74 Å². The summed E-state index contributed by atoms with van der Waals surface area (Å²) in [5, 5.41) is 6.84. The fraction of sp³-hybridized carbons (Fsp3) is 0.944. The zero-order valence-corrected chi connectivity index (χ0v) is 16.3. The normalized spacial score (nSPS) is 23.4. The van der Waals surface area contributed by atoms with Crippen LogP contribution in [-0.4, -0.2) is 63.3 Å². The summed E-state index contributed by atoms with van der Waals surface area (Å²) in [6, 6.07) is 0.525. The number of hydrogen-bond acceptors (Lipinski definition) is 3. The first-order valence-electron chi connectivity index (χ1n) is 8.99. The van der Waals surface area contributed by atoms with Gasteiger partial charge in [0, 0.05) is 39.8 Å². The van der Waals surface area contributed by atoms with Crippen LogP contribution >= 0.6 is 0 Å². The first kappa shape index (κ1) is 20.2. The van der Waals surface area contributed by atoms with Crippen molar-refractivity contribution in [2.75, 3.05) is 40.3 Å². The molecule has 0 amide bonds. The quantitative estimate of drug-likeness (QED) is 0.581. The number of nitrogens with zero attached hydrogens (tertiary/aromatic N) is 2. The maximum Gasteiger partial charge on any atom is 0.191 e. The molecule has 3 atom stereocenters. The van der Waals surface area contributed by atoms with Gasteiger partial charge < -0.3 is 15.4 Å². The Morgan fingerprint density at radius 2 is 1.96 bits per heavy atom. The summed E-state index contributed by atoms with van der Waals surface area (Å²) in [5.41, 5.74) is 0.109. The minimum absolute atomic E-state index is 0.109. The van der Waals surface area contributed by atoms with Crippen LogP contribution in [0.15, 0.2) is 4.99 Å². The summed E-state index contributed by atoms with van der Waals surface area (Å²) in [6.07, 6.45) is 2.84. The Balaban J connectivity index is 2.39. The molecule has 0 saturated carbocycles. The largest absolute Gasteiger partial charge is 0.379 e. The molecule has 0 aromatic carbocycles. The van der Waals surface area contributed by atoms with Gasteiger partial charge in [-0.1, -0.05) is 27.7 Å². The summed E-state index contributed by atoms with van der Waals surface area (Å²) >= 11 is 0. The van der Waals surface area contributed by atoms with Crippen molar-refractivity contribution in [1.29, 1.82) is 0 Å². The van der Waals surface area contributed by atoms with E-state index in [4.69, 9.17) is 4.74 Å². The average Bonchev–Trinajstić information content (AvgIpc) is 2.49. The monoisotopic (exact) mass is 326 g/mol. The Hall–Kier alpha value is -0.810. The van der Waals surface area contributed by atoms with Crippen LogP contribution < -0.4 is 10.6 Å². The second-order valence-electron chi connectivity index (χ2n) is 8.02. The van der Waals surface area contributed by atoms with E-state index in [1.807, 2.05) is 7.05 Å². The van der Waals surface area contributed by atoms with Crippen LogP contribution in [0.25, 0.3) is 0 Å². The van der Waals surface area contributed by atoms with Crippen LogP contribution in [0.1, 0.15) is 47.5 Å². The number of likely N-dealkylation sites (tertiary alicyclic amines) is 1. The molecule has 0 aliphatic carbocycles. The van der Waals surface area contributed by atoms with E-state index in [0.29, 0.717) is 6.04 Å². The second-order valence-corrected chi connectivity index (χ2v) is 8.02. The highest BCUT2D eigenvalue weighted by Gasteiger charge is 2.25. The molecule has 3 unspecified atom stereocenters. The molecule has 1 rings (SSSR count). The van der Waals surface area contributed by atoms with Crippen molar-refractivity contribution in [3.63, 3.8) is 0 Å². The third-order valence-corrected chi connectivity index (χ3v) is 4.81. The van der Waals surface area contributed by atoms with Crippen LogP contribution in [0.4, 0.5) is 0 Å². The third kappa shape index (κ3) is 7.08. The molecular formula is C18H38N4O. The number of guanidine groups is 1. The van der Waals surface area contributed by atoms with Crippen molar-refractivity contribution in [3.05, 3.63) is 0 Å². The Labute approximate surface area is 143 Å². The van der Waals surface area contributed by atoms with Gasteiger partial charge in [-0.2, -0.15) is 0 Å². The van der Waals surface area contributed by atoms with Gasteiger partial charge in [0.1, 0.15) is 0 Å². The van der Waals surface area contributed by atoms with Crippen LogP contribution in [0.2, 0.25) is 0 Å². The molecule has 2 N–H and O–H groups in total. The van der Waals surface area contributed by atoms with Gasteiger partial charge in [0.25, 0.3) is 0 Å². The highest BCUT2D eigenvalue weighted by molar-refractivity contribution is 5.79. The zero-order chi connectivity index (χ0) is 17.5. The van der Waals surface area contributed by atoms with E-state index in [-0.39, 0.29) is 11.5 Å². The first-order chi connectivity index (χ1) is 10.8. The van der Waals surface area contributed by atoms with Gasteiger partial charge >= 0.3 is 0 Å². The van der Waals surface area contributed by atoms with Crippen molar-refractivity contribution in [2.24, 2.45) is 16.3 Å². The maximum absolute atomic E-state index is 5.59. The van der Waals surface area contributed by atoms with E-state index in [0.717, 1.165) is 25.0 Å². The van der Waals surface area contributed by atoms with Crippen molar-refractivity contribution < 1.29 is 4.74 Å². The SMILES string of the molecule is CN=C(NCC(C)N1CCCC(C)C1)NCC(OC)C(C)(C)C. The Morgan fingerprint density at radius 1 is 1.30 bits per heavy atom. The molecule has 0 spiro atoms. The predicted molar refractivity (Wildman–Crippen MR) is 99.0 cm³/mol. The third-order valence-electron chi connectivity index (χ3n) is 4.81. The van der Waals surface area contributed by atoms with E-state index < -0.39 is 0 Å². The number of hydrogen-bond donors (Lipinski definition) is 2. The molecule has 136 valence electrons. The summed E-state index contributed by atoms with van der Waals surface area (Å²) in [7, 11) is 3.59. The molecule has 1 heterocycles. The van der Waals surface area contributed by atoms with E-state index in [1.54, 1.807) is 7.11 Å². The molecule has 0 bridgehead atoms. The fourth-order valence-corrected chi connectivity index (χ4v) is 3.15. The Morgan fingerprint density at radius 3 is 2.48 bits per heavy atom. The van der Waals surface area contributed by atoms with Gasteiger partial charge in [-0.15, -0.1) is 0 Å². The topological polar surface area (TPSA) is 48.9 Å². The van der Waals surface area contributed by atoms with Gasteiger partial charge in [-0.05, 0) is 37.6 Å². The molecule has 0 radical (unpaired) electrons. The predicted octanol–water partition coefficient (Wildman–Crippen LogP) is 2.33. The minimum Gasteiger partial charge on any atom is -0.379 e. The Bertz CT molecular complexity index is 365. The van der Waals surface area contributed by atoms with E-state index in [2.05, 4.69) is 55.1 Å². The standard InChI is InChI=1S/C18H38N4O/c1-14-9-8-10-22(13-14)15(2)11-20-17(19-6)21-12-16(23-7)18(3,4)5/h14-16H,8-13H2,1-7H3,(H2,19,20,21). The van der Waals surface area contributed by atoms with E-state index in [1.165, 1.54) is 25.9 Å².